The van der Waals surface area contributed by atoms with E-state index in [0.29, 0.717) is 36.7 Å². The monoisotopic (exact) mass is 528 g/mol. The van der Waals surface area contributed by atoms with E-state index in [1.165, 1.54) is 19.2 Å². The van der Waals surface area contributed by atoms with Crippen molar-refractivity contribution in [2.75, 3.05) is 53.0 Å². The number of carbonyl (C=O) groups excluding carboxylic acids is 2. The molecule has 0 atom stereocenters. The minimum Gasteiger partial charge on any atom is -0.478 e. The molecule has 0 unspecified atom stereocenters. The number of nitrogens with zero attached hydrogens (tertiary/aromatic N) is 4. The van der Waals surface area contributed by atoms with Crippen LogP contribution in [0.1, 0.15) is 77.2 Å². The Hall–Kier alpha value is -3.24. The first-order valence-electron chi connectivity index (χ1n) is 13.5. The van der Waals surface area contributed by atoms with Gasteiger partial charge in [-0.15, -0.1) is 0 Å². The van der Waals surface area contributed by atoms with Crippen molar-refractivity contribution in [2.45, 2.75) is 52.5 Å². The molecule has 1 fully saturated rings. The molecule has 1 N–H and O–H groups in total. The van der Waals surface area contributed by atoms with Crippen molar-refractivity contribution in [3.05, 3.63) is 41.2 Å². The standard InChI is InChI=1S/C28H40N4O6/c1-4-6-12-31(13-7-5-2)26(33)24-20-32(14-8-11-30-15-17-38-18-16-30)25(29-24)22-10-9-21(28(36)37-3)19-23(22)27(34)35/h9-10,19-20H,4-8,11-18H2,1-3H3,(H,34,35). The molecule has 10 nitrogen and oxygen atoms in total. The summed E-state index contributed by atoms with van der Waals surface area (Å²) in [6, 6.07) is 4.39. The van der Waals surface area contributed by atoms with Crippen LogP contribution in [0.15, 0.2) is 24.4 Å². The van der Waals surface area contributed by atoms with E-state index in [2.05, 4.69) is 23.7 Å². The van der Waals surface area contributed by atoms with Gasteiger partial charge in [-0.25, -0.2) is 14.6 Å². The number of esters is 1. The number of carbonyl (C=O) groups is 3. The maximum Gasteiger partial charge on any atom is 0.337 e. The summed E-state index contributed by atoms with van der Waals surface area (Å²) in [7, 11) is 1.25. The summed E-state index contributed by atoms with van der Waals surface area (Å²) in [5.74, 6) is -1.56. The van der Waals surface area contributed by atoms with Gasteiger partial charge in [-0.1, -0.05) is 26.7 Å². The predicted octanol–water partition coefficient (Wildman–Crippen LogP) is 3.80. The number of aryl methyl sites for hydroxylation is 1. The second kappa shape index (κ2) is 14.6. The molecular weight excluding hydrogens is 488 g/mol. The number of aromatic carboxylic acids is 1. The van der Waals surface area contributed by atoms with Gasteiger partial charge < -0.3 is 24.0 Å². The Morgan fingerprint density at radius 3 is 2.34 bits per heavy atom. The maximum absolute atomic E-state index is 13.5. The van der Waals surface area contributed by atoms with Crippen LogP contribution in [0.25, 0.3) is 11.4 Å². The number of ether oxygens (including phenoxy) is 2. The van der Waals surface area contributed by atoms with Crippen LogP contribution < -0.4 is 0 Å². The van der Waals surface area contributed by atoms with Crippen molar-refractivity contribution in [2.24, 2.45) is 0 Å². The van der Waals surface area contributed by atoms with Gasteiger partial charge in [0.15, 0.2) is 0 Å². The Kier molecular flexibility index (Phi) is 11.3. The van der Waals surface area contributed by atoms with Crippen LogP contribution in [0.5, 0.6) is 0 Å². The van der Waals surface area contributed by atoms with Crippen molar-refractivity contribution in [3.63, 3.8) is 0 Å². The van der Waals surface area contributed by atoms with Gasteiger partial charge in [-0.3, -0.25) is 9.69 Å². The summed E-state index contributed by atoms with van der Waals surface area (Å²) in [6.45, 7) is 10.1. The van der Waals surface area contributed by atoms with Gasteiger partial charge in [-0.05, 0) is 37.5 Å². The first-order chi connectivity index (χ1) is 18.4. The Bertz CT molecular complexity index is 1090. The molecule has 0 bridgehead atoms. The zero-order chi connectivity index (χ0) is 27.5. The van der Waals surface area contributed by atoms with Gasteiger partial charge in [0, 0.05) is 51.0 Å². The summed E-state index contributed by atoms with van der Waals surface area (Å²) in [4.78, 5) is 46.6. The second-order valence-electron chi connectivity index (χ2n) is 9.51. The Balaban J connectivity index is 1.97. The Labute approximate surface area is 224 Å². The molecule has 1 aromatic carbocycles. The van der Waals surface area contributed by atoms with Crippen LogP contribution in [0.4, 0.5) is 0 Å². The summed E-state index contributed by atoms with van der Waals surface area (Å²) in [5.41, 5.74) is 0.720. The highest BCUT2D eigenvalue weighted by molar-refractivity contribution is 6.00. The summed E-state index contributed by atoms with van der Waals surface area (Å²) >= 11 is 0. The minimum atomic E-state index is -1.19. The van der Waals surface area contributed by atoms with E-state index in [4.69, 9.17) is 9.47 Å². The smallest absolute Gasteiger partial charge is 0.337 e. The van der Waals surface area contributed by atoms with Gasteiger partial charge in [0.05, 0.1) is 31.5 Å². The molecule has 0 aliphatic carbocycles. The van der Waals surface area contributed by atoms with Gasteiger partial charge in [0.1, 0.15) is 11.5 Å². The number of hydrogen-bond donors (Lipinski definition) is 1. The highest BCUT2D eigenvalue weighted by Gasteiger charge is 2.24. The van der Waals surface area contributed by atoms with E-state index in [1.807, 2.05) is 9.47 Å². The molecule has 0 radical (unpaired) electrons. The normalized spacial score (nSPS) is 13.9. The van der Waals surface area contributed by atoms with Crippen molar-refractivity contribution in [1.29, 1.82) is 0 Å². The second-order valence-corrected chi connectivity index (χ2v) is 9.51. The number of methoxy groups -OCH3 is 1. The third-order valence-corrected chi connectivity index (χ3v) is 6.74. The van der Waals surface area contributed by atoms with Crippen LogP contribution in [0, 0.1) is 0 Å². The molecule has 38 heavy (non-hydrogen) atoms. The largest absolute Gasteiger partial charge is 0.478 e. The quantitative estimate of drug-likeness (QED) is 0.368. The first-order valence-corrected chi connectivity index (χ1v) is 13.5. The van der Waals surface area contributed by atoms with Gasteiger partial charge in [-0.2, -0.15) is 0 Å². The summed E-state index contributed by atoms with van der Waals surface area (Å²) in [6.07, 6.45) is 6.30. The number of aromatic nitrogens is 2. The highest BCUT2D eigenvalue weighted by Crippen LogP contribution is 2.26. The molecule has 1 saturated heterocycles. The molecule has 1 aromatic heterocycles. The average Bonchev–Trinajstić information content (AvgIpc) is 3.36. The number of carboxylic acid groups (broad SMARTS) is 1. The third-order valence-electron chi connectivity index (χ3n) is 6.74. The first kappa shape index (κ1) is 29.3. The molecule has 2 aromatic rings. The van der Waals surface area contributed by atoms with E-state index in [-0.39, 0.29) is 17.0 Å². The molecule has 2 heterocycles. The van der Waals surface area contributed by atoms with Crippen LogP contribution in [-0.2, 0) is 16.0 Å². The topological polar surface area (TPSA) is 114 Å². The molecule has 1 aliphatic heterocycles. The molecule has 0 spiro atoms. The SMILES string of the molecule is CCCCN(CCCC)C(=O)c1cn(CCCN2CCOCC2)c(-c2ccc(C(=O)OC)cc2C(=O)O)n1. The Morgan fingerprint density at radius 1 is 1.05 bits per heavy atom. The van der Waals surface area contributed by atoms with Crippen molar-refractivity contribution in [1.82, 2.24) is 19.4 Å². The number of amides is 1. The van der Waals surface area contributed by atoms with Gasteiger partial charge in [0.25, 0.3) is 5.91 Å². The third kappa shape index (κ3) is 7.64. The average molecular weight is 529 g/mol. The van der Waals surface area contributed by atoms with Crippen LogP contribution in [0.2, 0.25) is 0 Å². The van der Waals surface area contributed by atoms with Crippen LogP contribution in [0.3, 0.4) is 0 Å². The number of carboxylic acids is 1. The molecule has 10 heteroatoms. The van der Waals surface area contributed by atoms with Gasteiger partial charge in [0.2, 0.25) is 0 Å². The number of unbranched alkanes of at least 4 members (excludes halogenated alkanes) is 2. The zero-order valence-electron chi connectivity index (χ0n) is 22.8. The number of rotatable bonds is 14. The van der Waals surface area contributed by atoms with E-state index >= 15 is 0 Å². The van der Waals surface area contributed by atoms with E-state index in [0.717, 1.165) is 65.0 Å². The molecule has 1 aliphatic rings. The van der Waals surface area contributed by atoms with Crippen molar-refractivity contribution >= 4 is 17.8 Å². The van der Waals surface area contributed by atoms with Crippen LogP contribution in [-0.4, -0.2) is 95.4 Å². The fourth-order valence-corrected chi connectivity index (χ4v) is 4.53. The van der Waals surface area contributed by atoms with Crippen molar-refractivity contribution < 1.29 is 29.0 Å². The number of imidazole rings is 1. The van der Waals surface area contributed by atoms with Gasteiger partial charge >= 0.3 is 11.9 Å². The zero-order valence-corrected chi connectivity index (χ0v) is 22.8. The predicted molar refractivity (Wildman–Crippen MR) is 144 cm³/mol. The van der Waals surface area contributed by atoms with Crippen molar-refractivity contribution in [3.8, 4) is 11.4 Å². The number of benzene rings is 1. The maximum atomic E-state index is 13.5. The van der Waals surface area contributed by atoms with E-state index in [9.17, 15) is 19.5 Å². The lowest BCUT2D eigenvalue weighted by Gasteiger charge is -2.26. The Morgan fingerprint density at radius 2 is 1.74 bits per heavy atom. The molecule has 208 valence electrons. The summed E-state index contributed by atoms with van der Waals surface area (Å²) < 4.78 is 12.1. The lowest BCUT2D eigenvalue weighted by atomic mass is 10.0. The lowest BCUT2D eigenvalue weighted by Crippen LogP contribution is -2.37. The van der Waals surface area contributed by atoms with E-state index in [1.54, 1.807) is 12.3 Å². The minimum absolute atomic E-state index is 0.0687. The fourth-order valence-electron chi connectivity index (χ4n) is 4.53. The number of morpholine rings is 1. The fraction of sp³-hybridized carbons (Fsp3) is 0.571. The summed E-state index contributed by atoms with van der Waals surface area (Å²) in [5, 5.41) is 9.96. The number of hydrogen-bond acceptors (Lipinski definition) is 7. The lowest BCUT2D eigenvalue weighted by molar-refractivity contribution is 0.0369. The van der Waals surface area contributed by atoms with E-state index < -0.39 is 11.9 Å². The van der Waals surface area contributed by atoms with Crippen LogP contribution >= 0.6 is 0 Å². The molecule has 3 rings (SSSR count). The highest BCUT2D eigenvalue weighted by atomic mass is 16.5. The molecule has 1 amide bonds. The molecular formula is C28H40N4O6. The molecule has 0 saturated carbocycles.